The number of carbonyl (C=O) groups is 6. The molecule has 30 heteroatoms. The van der Waals surface area contributed by atoms with Gasteiger partial charge in [0, 0.05) is 57.0 Å². The number of para-hydroxylation sites is 2. The first-order chi connectivity index (χ1) is 48.7. The van der Waals surface area contributed by atoms with Crippen LogP contribution in [0.25, 0.3) is 11.1 Å². The number of amides is 3. The Bertz CT molecular complexity index is 4070. The fourth-order valence-corrected chi connectivity index (χ4v) is 22.5. The SMILES string of the molecule is C=CCOC(=O)C1=C(OP(=O)(Oc2ccccc2)Oc2ccccc2)[C@H](C)[C@@H]2[C@@H]([C@@H](C)O[Si](C)(C)C)C(=O)N12.C=CCOC(=O)C1=C(Sc2nc(C3=C[C@@H](C)N(C)CC3)cs2)[C@H](C)[C@@H]2[C@@H]([C@@H](C)O[Si](C)(C)C)C(=O)N12.C[C@@H]1C=C(c2csc(SC3=C(C(=O)O)N4C(=O)[C@H]([C@@H](C)O)[C@H]4[C@H]3C)n2)CCN1. The number of carboxylic acids is 1. The molecule has 0 spiro atoms. The van der Waals surface area contributed by atoms with Crippen LogP contribution in [0.1, 0.15) is 79.6 Å². The average molecular weight is 1540 g/mol. The number of carboxylic acid groups (broad SMARTS) is 1. The van der Waals surface area contributed by atoms with E-state index in [4.69, 9.17) is 41.9 Å². The first-order valence-corrected chi connectivity index (χ1v) is 46.3. The van der Waals surface area contributed by atoms with Gasteiger partial charge in [-0.2, -0.15) is 4.57 Å². The second-order valence-electron chi connectivity index (χ2n) is 28.8. The van der Waals surface area contributed by atoms with Crippen molar-refractivity contribution in [2.45, 2.75) is 165 Å². The standard InChI is InChI=1S/C28H34NO8PSi.C26H37N3O4S2Si.C19H23N3O4S2/c1-7-18-33-28(31)25-26(19(2)24-23(27(30)29(24)25)20(3)37-39(4,5)6)36-38(32,34-21-14-10-8-11-15-21)35-22-16-12-9-13-17-22;1-9-12-32-25(31)22-23(16(3)21-20(24(30)29(21)22)17(4)33-36(6,7)8)35-26-27-19(14-34-26)18-10-11-28(5)15(2)13-18;1-8-6-11(4-5-20-8)12-7-27-19(21-12)28-16-9(2)14-13(10(3)23)17(24)22(14)15(16)18(25)26/h7-17,19-20,23-24H,1,18H2,2-6H3;9,13-17,20-21H,1,10-12H2,2-8H3;6-10,13-14,20,23H,4-5H2,1-3H3,(H,25,26)/t19-,20-,23-,24-;15-,16-,17-,20-,21-;8-,9-,10-,13-,14-/m111/s1. The molecular weight excluding hydrogens is 1450 g/mol. The number of hydrogen-bond donors (Lipinski definition) is 3. The molecule has 4 aromatic rings. The molecular formula is C73H94N7O16PS4Si2. The number of carbonyl (C=O) groups excluding carboxylic acids is 5. The van der Waals surface area contributed by atoms with Crippen molar-refractivity contribution in [3.63, 3.8) is 0 Å². The van der Waals surface area contributed by atoms with Gasteiger partial charge in [0.1, 0.15) is 41.9 Å². The van der Waals surface area contributed by atoms with Crippen LogP contribution in [0.15, 0.2) is 150 Å². The van der Waals surface area contributed by atoms with Crippen LogP contribution in [0.5, 0.6) is 11.5 Å². The number of aromatic nitrogens is 2. The smallest absolute Gasteiger partial charge is 0.477 e. The Kier molecular flexibility index (Phi) is 24.9. The number of nitrogens with one attached hydrogen (secondary N) is 1. The third kappa shape index (κ3) is 17.2. The van der Waals surface area contributed by atoms with Gasteiger partial charge >= 0.3 is 25.7 Å². The summed E-state index contributed by atoms with van der Waals surface area (Å²) in [6.45, 7) is 37.2. The molecule has 3 fully saturated rings. The average Bonchev–Trinajstić information content (AvgIpc) is 1.58. The first kappa shape index (κ1) is 78.8. The fraction of sp³-hybridized carbons (Fsp3) is 0.479. The summed E-state index contributed by atoms with van der Waals surface area (Å²) in [7, 11) is -6.08. The number of fused-ring (bicyclic) bond motifs is 3. The highest BCUT2D eigenvalue weighted by Crippen LogP contribution is 2.59. The quantitative estimate of drug-likeness (QED) is 0.0173. The molecule has 2 aromatic carbocycles. The van der Waals surface area contributed by atoms with Gasteiger partial charge in [-0.15, -0.1) is 22.7 Å². The molecule has 0 unspecified atom stereocenters. The van der Waals surface area contributed by atoms with Gasteiger partial charge in [-0.25, -0.2) is 24.4 Å². The Morgan fingerprint density at radius 3 is 1.54 bits per heavy atom. The topological polar surface area (TPSA) is 275 Å². The molecule has 3 saturated heterocycles. The third-order valence-corrected chi connectivity index (χ3v) is 26.9. The Morgan fingerprint density at radius 2 is 1.09 bits per heavy atom. The summed E-state index contributed by atoms with van der Waals surface area (Å²) in [6.07, 6.45) is 7.90. The van der Waals surface area contributed by atoms with Crippen LogP contribution in [0.4, 0.5) is 0 Å². The van der Waals surface area contributed by atoms with Crippen molar-refractivity contribution >= 4 is 117 Å². The first-order valence-electron chi connectivity index (χ1n) is 34.6. The molecule has 10 heterocycles. The Balaban J connectivity index is 0.000000168. The molecule has 103 heavy (non-hydrogen) atoms. The number of benzene rings is 2. The normalized spacial score (nSPS) is 26.1. The number of thiazole rings is 2. The number of β-lactam (4-membered cyclic amide) rings is 3. The monoisotopic (exact) mass is 1540 g/mol. The van der Waals surface area contributed by atoms with Crippen LogP contribution in [0.3, 0.4) is 0 Å². The minimum atomic E-state index is -4.42. The van der Waals surface area contributed by atoms with Gasteiger partial charge < -0.3 is 57.2 Å². The number of aliphatic hydroxyl groups excluding tert-OH is 1. The summed E-state index contributed by atoms with van der Waals surface area (Å²) >= 11 is 5.89. The van der Waals surface area contributed by atoms with E-state index in [-0.39, 0.29) is 102 Å². The molecule has 23 nitrogen and oxygen atoms in total. The van der Waals surface area contributed by atoms with E-state index in [1.807, 2.05) is 45.8 Å². The van der Waals surface area contributed by atoms with E-state index < -0.39 is 72.3 Å². The summed E-state index contributed by atoms with van der Waals surface area (Å²) in [5.74, 6) is -4.61. The minimum absolute atomic E-state index is 0.000288. The molecule has 3 N–H and O–H groups in total. The van der Waals surface area contributed by atoms with Crippen molar-refractivity contribution in [1.82, 2.24) is 34.9 Å². The van der Waals surface area contributed by atoms with Gasteiger partial charge in [-0.3, -0.25) is 24.2 Å². The highest BCUT2D eigenvalue weighted by Gasteiger charge is 2.64. The van der Waals surface area contributed by atoms with Gasteiger partial charge in [0.15, 0.2) is 31.0 Å². The van der Waals surface area contributed by atoms with Crippen molar-refractivity contribution in [3.8, 4) is 11.5 Å². The number of phosphoric ester groups is 1. The van der Waals surface area contributed by atoms with Gasteiger partial charge in [0.25, 0.3) is 0 Å². The second kappa shape index (κ2) is 32.5. The zero-order valence-corrected chi connectivity index (χ0v) is 67.0. The number of rotatable bonds is 26. The van der Waals surface area contributed by atoms with Gasteiger partial charge in [0.05, 0.1) is 65.6 Å². The third-order valence-electron chi connectivity index (χ3n) is 19.0. The molecule has 0 bridgehead atoms. The predicted molar refractivity (Wildman–Crippen MR) is 404 cm³/mol. The molecule has 8 aliphatic rings. The number of aliphatic hydroxyl groups is 1. The number of ether oxygens (including phenoxy) is 2. The maximum Gasteiger partial charge on any atom is 0.646 e. The van der Waals surface area contributed by atoms with Crippen LogP contribution >= 0.6 is 54.0 Å². The van der Waals surface area contributed by atoms with E-state index in [1.165, 1.54) is 68.0 Å². The van der Waals surface area contributed by atoms with Gasteiger partial charge in [0.2, 0.25) is 17.7 Å². The Labute approximate surface area is 621 Å². The van der Waals surface area contributed by atoms with Crippen molar-refractivity contribution < 1.29 is 75.4 Å². The lowest BCUT2D eigenvalue weighted by Gasteiger charge is -2.48. The fourth-order valence-electron chi connectivity index (χ4n) is 14.4. The van der Waals surface area contributed by atoms with E-state index in [2.05, 4.69) is 88.4 Å². The van der Waals surface area contributed by atoms with Crippen LogP contribution < -0.4 is 14.4 Å². The van der Waals surface area contributed by atoms with Crippen LogP contribution in [0, 0.1) is 35.5 Å². The number of thioether (sulfide) groups is 2. The highest BCUT2D eigenvalue weighted by atomic mass is 32.2. The van der Waals surface area contributed by atoms with Crippen molar-refractivity contribution in [2.24, 2.45) is 35.5 Å². The molecule has 0 radical (unpaired) electrons. The Morgan fingerprint density at radius 1 is 0.650 bits per heavy atom. The molecule has 3 amide bonds. The van der Waals surface area contributed by atoms with E-state index in [9.17, 15) is 43.5 Å². The second-order valence-corrected chi connectivity index (χ2v) is 43.4. The maximum atomic E-state index is 14.2. The van der Waals surface area contributed by atoms with E-state index in [1.54, 1.807) is 90.7 Å². The van der Waals surface area contributed by atoms with Gasteiger partial charge in [-0.1, -0.05) is 118 Å². The summed E-state index contributed by atoms with van der Waals surface area (Å²) in [5, 5.41) is 27.1. The molecule has 554 valence electrons. The Hall–Kier alpha value is -6.74. The van der Waals surface area contributed by atoms with E-state index in [0.717, 1.165) is 50.9 Å². The zero-order valence-electron chi connectivity index (χ0n) is 60.9. The lowest BCUT2D eigenvalue weighted by atomic mass is 9.79. The molecule has 0 saturated carbocycles. The number of hydrogen-bond acceptors (Lipinski definition) is 23. The molecule has 8 aliphatic heterocycles. The number of esters is 2. The number of phosphoric acid groups is 1. The van der Waals surface area contributed by atoms with Crippen LogP contribution in [0.2, 0.25) is 39.3 Å². The summed E-state index contributed by atoms with van der Waals surface area (Å²) in [5.41, 5.74) is 4.67. The maximum absolute atomic E-state index is 14.2. The summed E-state index contributed by atoms with van der Waals surface area (Å²) in [4.78, 5) is 95.1. The van der Waals surface area contributed by atoms with Crippen molar-refractivity contribution in [3.05, 3.63) is 153 Å². The molecule has 0 aliphatic carbocycles. The van der Waals surface area contributed by atoms with E-state index in [0.29, 0.717) is 22.7 Å². The van der Waals surface area contributed by atoms with Gasteiger partial charge in [-0.05, 0) is 136 Å². The van der Waals surface area contributed by atoms with Crippen molar-refractivity contribution in [2.75, 3.05) is 33.4 Å². The van der Waals surface area contributed by atoms with E-state index >= 15 is 0 Å². The zero-order chi connectivity index (χ0) is 74.9. The van der Waals surface area contributed by atoms with Crippen molar-refractivity contribution in [1.29, 1.82) is 0 Å². The lowest BCUT2D eigenvalue weighted by Crippen LogP contribution is -2.64. The van der Waals surface area contributed by atoms with Crippen LogP contribution in [-0.4, -0.2) is 174 Å². The molecule has 14 atom stereocenters. The minimum Gasteiger partial charge on any atom is -0.477 e. The largest absolute Gasteiger partial charge is 0.646 e. The number of nitrogens with zero attached hydrogens (tertiary/aromatic N) is 6. The number of aliphatic carboxylic acids is 1. The summed E-state index contributed by atoms with van der Waals surface area (Å²) in [6, 6.07) is 16.7. The van der Waals surface area contributed by atoms with Crippen LogP contribution in [-0.2, 0) is 56.2 Å². The highest BCUT2D eigenvalue weighted by molar-refractivity contribution is 8.05. The summed E-state index contributed by atoms with van der Waals surface area (Å²) < 4.78 is 56.6. The molecule has 12 rings (SSSR count). The number of likely N-dealkylation sites (N-methyl/N-ethyl adjacent to an activating group) is 1. The molecule has 2 aromatic heterocycles. The predicted octanol–water partition coefficient (Wildman–Crippen LogP) is 13.1. The lowest BCUT2D eigenvalue weighted by molar-refractivity contribution is -0.163.